The number of nitrogens with zero attached hydrogens (tertiary/aromatic N) is 1. The summed E-state index contributed by atoms with van der Waals surface area (Å²) in [5.74, 6) is -0.250. The number of halogens is 1. The summed E-state index contributed by atoms with van der Waals surface area (Å²) in [7, 11) is 0. The largest absolute Gasteiger partial charge is 0.354 e. The van der Waals surface area contributed by atoms with Crippen LogP contribution in [-0.4, -0.2) is 69.2 Å². The molecular formula is C22H34ClN5O2+2. The Kier molecular flexibility index (Phi) is 8.54. The quantitative estimate of drug-likeness (QED) is 0.381. The van der Waals surface area contributed by atoms with Gasteiger partial charge in [-0.25, -0.2) is 5.01 Å². The summed E-state index contributed by atoms with van der Waals surface area (Å²) in [6.45, 7) is 10.2. The number of benzene rings is 1. The summed E-state index contributed by atoms with van der Waals surface area (Å²) < 4.78 is 0. The first-order valence-corrected chi connectivity index (χ1v) is 11.4. The Morgan fingerprint density at radius 3 is 2.47 bits per heavy atom. The third-order valence-corrected chi connectivity index (χ3v) is 6.04. The van der Waals surface area contributed by atoms with Crippen LogP contribution < -0.4 is 20.5 Å². The van der Waals surface area contributed by atoms with Gasteiger partial charge in [0.25, 0.3) is 0 Å². The lowest BCUT2D eigenvalue weighted by atomic mass is 10.1. The lowest BCUT2D eigenvalue weighted by Crippen LogP contribution is -3.28. The SMILES string of the molecule is CCC[NH+]1CC[NH+](CCCNC(=O)CN2NC(c3ccc(Cl)cc3)=CCC2=O)CC1. The highest BCUT2D eigenvalue weighted by atomic mass is 35.5. The van der Waals surface area contributed by atoms with Crippen molar-refractivity contribution in [3.05, 3.63) is 40.9 Å². The molecule has 4 N–H and O–H groups in total. The summed E-state index contributed by atoms with van der Waals surface area (Å²) >= 11 is 5.94. The number of piperazine rings is 1. The Bertz CT molecular complexity index is 744. The fraction of sp³-hybridized carbons (Fsp3) is 0.545. The van der Waals surface area contributed by atoms with Crippen LogP contribution in [0.4, 0.5) is 0 Å². The fourth-order valence-electron chi connectivity index (χ4n) is 4.07. The number of hydrogen-bond acceptors (Lipinski definition) is 3. The first kappa shape index (κ1) is 22.6. The second-order valence-electron chi connectivity index (χ2n) is 8.12. The molecule has 0 radical (unpaired) electrons. The maximum Gasteiger partial charge on any atom is 0.245 e. The number of carbonyl (C=O) groups excluding carboxylic acids is 2. The Labute approximate surface area is 184 Å². The minimum absolute atomic E-state index is 0.00960. The van der Waals surface area contributed by atoms with Crippen LogP contribution in [0.1, 0.15) is 31.7 Å². The third kappa shape index (κ3) is 6.72. The van der Waals surface area contributed by atoms with Gasteiger partial charge in [0.05, 0.1) is 18.8 Å². The van der Waals surface area contributed by atoms with Gasteiger partial charge in [0.2, 0.25) is 11.8 Å². The highest BCUT2D eigenvalue weighted by molar-refractivity contribution is 6.30. The molecule has 0 atom stereocenters. The Morgan fingerprint density at radius 2 is 1.80 bits per heavy atom. The molecule has 2 aliphatic heterocycles. The Balaban J connectivity index is 1.36. The number of hydrogen-bond donors (Lipinski definition) is 4. The van der Waals surface area contributed by atoms with Gasteiger partial charge < -0.3 is 15.1 Å². The van der Waals surface area contributed by atoms with Gasteiger partial charge in [-0.2, -0.15) is 0 Å². The maximum absolute atomic E-state index is 12.3. The average Bonchev–Trinajstić information content (AvgIpc) is 2.75. The normalized spacial score (nSPS) is 21.7. The van der Waals surface area contributed by atoms with Gasteiger partial charge in [-0.3, -0.25) is 15.0 Å². The van der Waals surface area contributed by atoms with Crippen LogP contribution in [0.2, 0.25) is 5.02 Å². The molecule has 0 aromatic heterocycles. The van der Waals surface area contributed by atoms with Gasteiger partial charge in [0, 0.05) is 24.4 Å². The molecule has 2 heterocycles. The van der Waals surface area contributed by atoms with Gasteiger partial charge >= 0.3 is 0 Å². The van der Waals surface area contributed by atoms with Crippen LogP contribution in [0, 0.1) is 0 Å². The van der Waals surface area contributed by atoms with Crippen molar-refractivity contribution in [2.75, 3.05) is 52.4 Å². The number of hydrazine groups is 1. The molecule has 30 heavy (non-hydrogen) atoms. The van der Waals surface area contributed by atoms with E-state index in [4.69, 9.17) is 11.6 Å². The first-order chi connectivity index (χ1) is 14.5. The van der Waals surface area contributed by atoms with Gasteiger partial charge in [0.1, 0.15) is 32.7 Å². The van der Waals surface area contributed by atoms with E-state index in [2.05, 4.69) is 17.7 Å². The number of nitrogens with one attached hydrogen (secondary N) is 4. The number of amides is 2. The van der Waals surface area contributed by atoms with E-state index in [1.807, 2.05) is 18.2 Å². The van der Waals surface area contributed by atoms with Gasteiger partial charge in [-0.1, -0.05) is 30.7 Å². The summed E-state index contributed by atoms with van der Waals surface area (Å²) in [5, 5.41) is 5.00. The molecular weight excluding hydrogens is 402 g/mol. The molecule has 1 fully saturated rings. The van der Waals surface area contributed by atoms with Crippen molar-refractivity contribution in [1.29, 1.82) is 0 Å². The van der Waals surface area contributed by atoms with Crippen LogP contribution in [0.25, 0.3) is 5.70 Å². The lowest BCUT2D eigenvalue weighted by molar-refractivity contribution is -1.01. The van der Waals surface area contributed by atoms with E-state index in [0.717, 1.165) is 24.2 Å². The van der Waals surface area contributed by atoms with Crippen LogP contribution in [0.3, 0.4) is 0 Å². The third-order valence-electron chi connectivity index (χ3n) is 5.79. The summed E-state index contributed by atoms with van der Waals surface area (Å²) in [5.41, 5.74) is 4.80. The molecule has 0 unspecified atom stereocenters. The van der Waals surface area contributed by atoms with Crippen LogP contribution in [0.5, 0.6) is 0 Å². The average molecular weight is 436 g/mol. The molecule has 1 aromatic carbocycles. The number of quaternary nitrogens is 2. The predicted molar refractivity (Wildman–Crippen MR) is 118 cm³/mol. The van der Waals surface area contributed by atoms with E-state index in [1.165, 1.54) is 44.2 Å². The standard InChI is InChI=1S/C22H32ClN5O2/c1-2-11-26-13-15-27(16-14-26)12-3-10-24-21(29)17-28-22(30)9-8-20(25-28)18-4-6-19(23)7-5-18/h4-8,25H,2-3,9-17H2,1H3,(H,24,29)/p+2. The zero-order valence-corrected chi connectivity index (χ0v) is 18.6. The molecule has 2 amide bonds. The Morgan fingerprint density at radius 1 is 1.13 bits per heavy atom. The monoisotopic (exact) mass is 435 g/mol. The summed E-state index contributed by atoms with van der Waals surface area (Å²) in [6, 6.07) is 7.39. The van der Waals surface area contributed by atoms with Gasteiger partial charge in [-0.05, 0) is 30.2 Å². The van der Waals surface area contributed by atoms with Crippen molar-refractivity contribution in [3.8, 4) is 0 Å². The van der Waals surface area contributed by atoms with Crippen molar-refractivity contribution in [1.82, 2.24) is 15.8 Å². The zero-order chi connectivity index (χ0) is 21.3. The molecule has 1 aromatic rings. The van der Waals surface area contributed by atoms with Crippen molar-refractivity contribution in [2.45, 2.75) is 26.2 Å². The summed E-state index contributed by atoms with van der Waals surface area (Å²) in [6.07, 6.45) is 4.32. The topological polar surface area (TPSA) is 70.3 Å². The van der Waals surface area contributed by atoms with E-state index in [1.54, 1.807) is 21.9 Å². The second-order valence-corrected chi connectivity index (χ2v) is 8.56. The van der Waals surface area contributed by atoms with Crippen molar-refractivity contribution in [2.24, 2.45) is 0 Å². The zero-order valence-electron chi connectivity index (χ0n) is 17.8. The van der Waals surface area contributed by atoms with Gasteiger partial charge in [0.15, 0.2) is 0 Å². The molecule has 7 nitrogen and oxygen atoms in total. The predicted octanol–water partition coefficient (Wildman–Crippen LogP) is -0.882. The van der Waals surface area contributed by atoms with E-state index in [-0.39, 0.29) is 24.8 Å². The molecule has 8 heteroatoms. The molecule has 0 spiro atoms. The minimum Gasteiger partial charge on any atom is -0.354 e. The van der Waals surface area contributed by atoms with Crippen LogP contribution in [-0.2, 0) is 9.59 Å². The Hall–Kier alpha value is -2.09. The van der Waals surface area contributed by atoms with Crippen LogP contribution >= 0.6 is 11.6 Å². The lowest BCUT2D eigenvalue weighted by Gasteiger charge is -2.30. The van der Waals surface area contributed by atoms with E-state index in [9.17, 15) is 9.59 Å². The number of carbonyl (C=O) groups is 2. The highest BCUT2D eigenvalue weighted by Crippen LogP contribution is 2.19. The number of rotatable bonds is 9. The minimum atomic E-state index is -0.139. The molecule has 0 aliphatic carbocycles. The molecule has 2 aliphatic rings. The van der Waals surface area contributed by atoms with Crippen molar-refractivity contribution >= 4 is 29.1 Å². The van der Waals surface area contributed by atoms with Gasteiger partial charge in [-0.15, -0.1) is 0 Å². The van der Waals surface area contributed by atoms with E-state index < -0.39 is 0 Å². The highest BCUT2D eigenvalue weighted by Gasteiger charge is 2.23. The molecule has 1 saturated heterocycles. The first-order valence-electron chi connectivity index (χ1n) is 11.0. The maximum atomic E-state index is 12.3. The second kappa shape index (κ2) is 11.3. The van der Waals surface area contributed by atoms with Crippen molar-refractivity contribution < 1.29 is 19.4 Å². The van der Waals surface area contributed by atoms with Crippen LogP contribution in [0.15, 0.2) is 30.3 Å². The fourth-order valence-corrected chi connectivity index (χ4v) is 4.19. The molecule has 3 rings (SSSR count). The van der Waals surface area contributed by atoms with E-state index >= 15 is 0 Å². The summed E-state index contributed by atoms with van der Waals surface area (Å²) in [4.78, 5) is 27.9. The molecule has 0 bridgehead atoms. The van der Waals surface area contributed by atoms with E-state index in [0.29, 0.717) is 11.6 Å². The smallest absolute Gasteiger partial charge is 0.245 e. The van der Waals surface area contributed by atoms with Crippen molar-refractivity contribution in [3.63, 3.8) is 0 Å². The molecule has 0 saturated carbocycles. The molecule has 164 valence electrons.